The Morgan fingerprint density at radius 2 is 1.70 bits per heavy atom. The van der Waals surface area contributed by atoms with Gasteiger partial charge in [0, 0.05) is 10.6 Å². The van der Waals surface area contributed by atoms with Gasteiger partial charge in [0.1, 0.15) is 6.54 Å². The number of halogens is 1. The van der Waals surface area contributed by atoms with E-state index < -0.39 is 5.97 Å². The van der Waals surface area contributed by atoms with E-state index in [0.29, 0.717) is 21.7 Å². The molecule has 23 heavy (non-hydrogen) atoms. The van der Waals surface area contributed by atoms with E-state index in [0.717, 1.165) is 5.56 Å². The van der Waals surface area contributed by atoms with E-state index in [1.54, 1.807) is 24.3 Å². The average Bonchev–Trinajstić information content (AvgIpc) is 2.59. The summed E-state index contributed by atoms with van der Waals surface area (Å²) in [5.74, 6) is -0.867. The second-order valence-electron chi connectivity index (χ2n) is 4.79. The number of carbonyl (C=O) groups excluding carboxylic acids is 2. The fourth-order valence-corrected chi connectivity index (χ4v) is 2.20. The van der Waals surface area contributed by atoms with E-state index in [1.165, 1.54) is 7.11 Å². The van der Waals surface area contributed by atoms with Gasteiger partial charge in [0.05, 0.1) is 7.11 Å². The van der Waals surface area contributed by atoms with Gasteiger partial charge in [-0.1, -0.05) is 48.5 Å². The maximum absolute atomic E-state index is 12.3. The Hall–Kier alpha value is -2.59. The number of hydrogen-bond acceptors (Lipinski definition) is 3. The lowest BCUT2D eigenvalue weighted by Gasteiger charge is -2.12. The summed E-state index contributed by atoms with van der Waals surface area (Å²) in [7, 11) is 1.27. The van der Waals surface area contributed by atoms with E-state index in [1.807, 2.05) is 24.3 Å². The lowest BCUT2D eigenvalue weighted by atomic mass is 9.95. The Balaban J connectivity index is 2.26. The zero-order valence-electron chi connectivity index (χ0n) is 12.6. The number of methoxy groups -OCH3 is 1. The van der Waals surface area contributed by atoms with Gasteiger partial charge in [-0.2, -0.15) is 0 Å². The van der Waals surface area contributed by atoms with E-state index in [-0.39, 0.29) is 12.5 Å². The topological polar surface area (TPSA) is 55.4 Å². The first-order valence-electron chi connectivity index (χ1n) is 6.92. The molecule has 0 saturated carbocycles. The lowest BCUT2D eigenvalue weighted by Crippen LogP contribution is -2.30. The highest BCUT2D eigenvalue weighted by Crippen LogP contribution is 2.25. The van der Waals surface area contributed by atoms with Crippen LogP contribution in [0.2, 0.25) is 5.02 Å². The fraction of sp³-hybridized carbons (Fsp3) is 0.111. The number of rotatable bonds is 5. The summed E-state index contributed by atoms with van der Waals surface area (Å²) in [5, 5.41) is 3.16. The SMILES string of the molecule is C=C(c1ccc(Cl)cc1)c1ccccc1C(=O)NCC(=O)OC. The molecular weight excluding hydrogens is 314 g/mol. The number of esters is 1. The third-order valence-electron chi connectivity index (χ3n) is 3.31. The van der Waals surface area contributed by atoms with Gasteiger partial charge in [-0.15, -0.1) is 0 Å². The smallest absolute Gasteiger partial charge is 0.325 e. The van der Waals surface area contributed by atoms with Crippen LogP contribution in [0, 0.1) is 0 Å². The molecule has 0 bridgehead atoms. The van der Waals surface area contributed by atoms with Crippen molar-refractivity contribution in [2.75, 3.05) is 13.7 Å². The van der Waals surface area contributed by atoms with E-state index in [2.05, 4.69) is 16.6 Å². The molecule has 0 fully saturated rings. The minimum Gasteiger partial charge on any atom is -0.468 e. The molecular formula is C18H16ClNO3. The van der Waals surface area contributed by atoms with Crippen molar-refractivity contribution in [1.82, 2.24) is 5.32 Å². The molecule has 0 saturated heterocycles. The van der Waals surface area contributed by atoms with Crippen molar-refractivity contribution < 1.29 is 14.3 Å². The maximum Gasteiger partial charge on any atom is 0.325 e. The molecule has 1 N–H and O–H groups in total. The Kier molecular flexibility index (Phi) is 5.55. The maximum atomic E-state index is 12.3. The summed E-state index contributed by atoms with van der Waals surface area (Å²) in [6, 6.07) is 14.3. The van der Waals surface area contributed by atoms with Gasteiger partial charge in [0.25, 0.3) is 5.91 Å². The molecule has 2 rings (SSSR count). The van der Waals surface area contributed by atoms with Crippen LogP contribution in [-0.4, -0.2) is 25.5 Å². The molecule has 0 aliphatic rings. The Morgan fingerprint density at radius 1 is 1.09 bits per heavy atom. The number of nitrogens with one attached hydrogen (secondary N) is 1. The predicted octanol–water partition coefficient (Wildman–Crippen LogP) is 3.30. The standard InChI is InChI=1S/C18H16ClNO3/c1-12(13-7-9-14(19)10-8-13)15-5-3-4-6-16(15)18(22)20-11-17(21)23-2/h3-10H,1,11H2,2H3,(H,20,22). The molecule has 5 heteroatoms. The molecule has 118 valence electrons. The van der Waals surface area contributed by atoms with Crippen LogP contribution in [0.1, 0.15) is 21.5 Å². The summed E-state index contributed by atoms with van der Waals surface area (Å²) in [5.41, 5.74) is 2.70. The van der Waals surface area contributed by atoms with E-state index in [4.69, 9.17) is 11.6 Å². The number of carbonyl (C=O) groups is 2. The number of ether oxygens (including phenoxy) is 1. The van der Waals surface area contributed by atoms with Gasteiger partial charge < -0.3 is 10.1 Å². The minimum atomic E-state index is -0.507. The van der Waals surface area contributed by atoms with E-state index in [9.17, 15) is 9.59 Å². The summed E-state index contributed by atoms with van der Waals surface area (Å²) < 4.78 is 4.51. The largest absolute Gasteiger partial charge is 0.468 e. The van der Waals surface area contributed by atoms with Gasteiger partial charge in [-0.05, 0) is 34.9 Å². The summed E-state index contributed by atoms with van der Waals surface area (Å²) in [6.07, 6.45) is 0. The van der Waals surface area contributed by atoms with Gasteiger partial charge in [0.15, 0.2) is 0 Å². The van der Waals surface area contributed by atoms with Crippen LogP contribution in [0.5, 0.6) is 0 Å². The van der Waals surface area contributed by atoms with E-state index >= 15 is 0 Å². The van der Waals surface area contributed by atoms with Crippen molar-refractivity contribution in [2.45, 2.75) is 0 Å². The van der Waals surface area contributed by atoms with Crippen molar-refractivity contribution in [2.24, 2.45) is 0 Å². The molecule has 0 atom stereocenters. The van der Waals surface area contributed by atoms with Crippen LogP contribution >= 0.6 is 11.6 Å². The summed E-state index contributed by atoms with van der Waals surface area (Å²) in [6.45, 7) is 3.88. The highest BCUT2D eigenvalue weighted by molar-refractivity contribution is 6.30. The molecule has 0 aliphatic heterocycles. The Morgan fingerprint density at radius 3 is 2.30 bits per heavy atom. The van der Waals surface area contributed by atoms with Crippen LogP contribution in [0.25, 0.3) is 5.57 Å². The Labute approximate surface area is 139 Å². The molecule has 2 aromatic carbocycles. The molecule has 0 radical (unpaired) electrons. The molecule has 0 unspecified atom stereocenters. The van der Waals surface area contributed by atoms with Crippen LogP contribution in [0.4, 0.5) is 0 Å². The van der Waals surface area contributed by atoms with Gasteiger partial charge in [0.2, 0.25) is 0 Å². The molecule has 0 aliphatic carbocycles. The second kappa shape index (κ2) is 7.61. The lowest BCUT2D eigenvalue weighted by molar-refractivity contribution is -0.139. The second-order valence-corrected chi connectivity index (χ2v) is 5.23. The zero-order chi connectivity index (χ0) is 16.8. The van der Waals surface area contributed by atoms with Crippen LogP contribution in [0.3, 0.4) is 0 Å². The van der Waals surface area contributed by atoms with Gasteiger partial charge >= 0.3 is 5.97 Å². The molecule has 4 nitrogen and oxygen atoms in total. The molecule has 2 aromatic rings. The molecule has 0 aromatic heterocycles. The number of amides is 1. The van der Waals surface area contributed by atoms with Crippen LogP contribution in [0.15, 0.2) is 55.1 Å². The van der Waals surface area contributed by atoms with Crippen molar-refractivity contribution in [3.63, 3.8) is 0 Å². The zero-order valence-corrected chi connectivity index (χ0v) is 13.4. The third kappa shape index (κ3) is 4.20. The summed E-state index contributed by atoms with van der Waals surface area (Å²) in [4.78, 5) is 23.4. The van der Waals surface area contributed by atoms with Crippen molar-refractivity contribution in [1.29, 1.82) is 0 Å². The average molecular weight is 330 g/mol. The number of benzene rings is 2. The molecule has 0 spiro atoms. The highest BCUT2D eigenvalue weighted by atomic mass is 35.5. The minimum absolute atomic E-state index is 0.183. The van der Waals surface area contributed by atoms with Gasteiger partial charge in [-0.3, -0.25) is 9.59 Å². The van der Waals surface area contributed by atoms with Crippen LogP contribution in [-0.2, 0) is 9.53 Å². The monoisotopic (exact) mass is 329 g/mol. The van der Waals surface area contributed by atoms with Crippen LogP contribution < -0.4 is 5.32 Å². The predicted molar refractivity (Wildman–Crippen MR) is 90.4 cm³/mol. The van der Waals surface area contributed by atoms with Crippen molar-refractivity contribution in [3.8, 4) is 0 Å². The van der Waals surface area contributed by atoms with Crippen molar-refractivity contribution >= 4 is 29.1 Å². The van der Waals surface area contributed by atoms with Crippen molar-refractivity contribution in [3.05, 3.63) is 76.8 Å². The highest BCUT2D eigenvalue weighted by Gasteiger charge is 2.15. The number of hydrogen-bond donors (Lipinski definition) is 1. The third-order valence-corrected chi connectivity index (χ3v) is 3.56. The first kappa shape index (κ1) is 16.8. The van der Waals surface area contributed by atoms with Gasteiger partial charge in [-0.25, -0.2) is 0 Å². The Bertz CT molecular complexity index is 738. The quantitative estimate of drug-likeness (QED) is 0.856. The first-order valence-corrected chi connectivity index (χ1v) is 7.30. The first-order chi connectivity index (χ1) is 11.0. The normalized spacial score (nSPS) is 10.0. The fourth-order valence-electron chi connectivity index (χ4n) is 2.07. The summed E-state index contributed by atoms with van der Waals surface area (Å²) >= 11 is 5.89. The molecule has 1 amide bonds. The molecule has 0 heterocycles.